The molecule has 0 saturated heterocycles. The summed E-state index contributed by atoms with van der Waals surface area (Å²) in [6.45, 7) is 5.33. The lowest BCUT2D eigenvalue weighted by Crippen LogP contribution is -2.38. The molecule has 0 bridgehead atoms. The highest BCUT2D eigenvalue weighted by atomic mass is 32.1. The first kappa shape index (κ1) is 16.4. The molecule has 118 valence electrons. The Morgan fingerprint density at radius 2 is 1.91 bits per heavy atom. The molecule has 0 unspecified atom stereocenters. The number of hydrogen-bond donors (Lipinski definition) is 2. The molecule has 7 heteroatoms. The summed E-state index contributed by atoms with van der Waals surface area (Å²) in [4.78, 5) is 16.3. The fourth-order valence-corrected chi connectivity index (χ4v) is 2.80. The van der Waals surface area contributed by atoms with Crippen LogP contribution in [0.4, 0.5) is 13.6 Å². The molecule has 4 nitrogen and oxygen atoms in total. The van der Waals surface area contributed by atoms with Crippen LogP contribution in [-0.4, -0.2) is 11.0 Å². The molecular weight excluding hydrogens is 308 g/mol. The van der Waals surface area contributed by atoms with Crippen LogP contribution < -0.4 is 10.6 Å². The summed E-state index contributed by atoms with van der Waals surface area (Å²) in [5.41, 5.74) is 1.13. The van der Waals surface area contributed by atoms with Crippen LogP contribution in [0.1, 0.15) is 42.2 Å². The first-order valence-electron chi connectivity index (χ1n) is 6.81. The van der Waals surface area contributed by atoms with Crippen molar-refractivity contribution < 1.29 is 13.6 Å². The highest BCUT2D eigenvalue weighted by Crippen LogP contribution is 2.19. The number of benzene rings is 1. The van der Waals surface area contributed by atoms with Crippen LogP contribution in [0.15, 0.2) is 23.6 Å². The van der Waals surface area contributed by atoms with Gasteiger partial charge in [-0.15, -0.1) is 11.3 Å². The molecule has 0 aliphatic carbocycles. The topological polar surface area (TPSA) is 54.0 Å². The minimum absolute atomic E-state index is 0.231. The van der Waals surface area contributed by atoms with E-state index in [9.17, 15) is 13.6 Å². The smallest absolute Gasteiger partial charge is 0.315 e. The fraction of sp³-hybridized carbons (Fsp3) is 0.333. The normalized spacial score (nSPS) is 13.5. The maximum Gasteiger partial charge on any atom is 0.315 e. The molecule has 1 heterocycles. The highest BCUT2D eigenvalue weighted by Gasteiger charge is 2.17. The van der Waals surface area contributed by atoms with Gasteiger partial charge in [0.1, 0.15) is 16.6 Å². The molecule has 0 aliphatic heterocycles. The molecule has 22 heavy (non-hydrogen) atoms. The number of aromatic nitrogens is 1. The Kier molecular flexibility index (Phi) is 5.07. The van der Waals surface area contributed by atoms with Gasteiger partial charge in [0.25, 0.3) is 0 Å². The van der Waals surface area contributed by atoms with Crippen LogP contribution in [0.25, 0.3) is 0 Å². The van der Waals surface area contributed by atoms with Crippen molar-refractivity contribution in [2.75, 3.05) is 0 Å². The predicted molar refractivity (Wildman–Crippen MR) is 81.7 cm³/mol. The van der Waals surface area contributed by atoms with Gasteiger partial charge < -0.3 is 10.6 Å². The molecule has 0 aliphatic rings. The number of nitrogens with one attached hydrogen (secondary N) is 2. The minimum atomic E-state index is -0.684. The molecule has 1 aromatic carbocycles. The van der Waals surface area contributed by atoms with Crippen molar-refractivity contribution in [2.24, 2.45) is 0 Å². The van der Waals surface area contributed by atoms with Crippen LogP contribution in [0.2, 0.25) is 0 Å². The Morgan fingerprint density at radius 3 is 2.50 bits per heavy atom. The number of thiazole rings is 1. The van der Waals surface area contributed by atoms with Crippen LogP contribution >= 0.6 is 11.3 Å². The zero-order valence-corrected chi connectivity index (χ0v) is 13.3. The van der Waals surface area contributed by atoms with Crippen molar-refractivity contribution in [1.29, 1.82) is 0 Å². The van der Waals surface area contributed by atoms with Crippen molar-refractivity contribution in [2.45, 2.75) is 32.9 Å². The van der Waals surface area contributed by atoms with Crippen molar-refractivity contribution in [3.05, 3.63) is 51.5 Å². The summed E-state index contributed by atoms with van der Waals surface area (Å²) in [5.74, 6) is -1.33. The Hall–Kier alpha value is -2.02. The summed E-state index contributed by atoms with van der Waals surface area (Å²) < 4.78 is 26.6. The van der Waals surface area contributed by atoms with Crippen molar-refractivity contribution in [1.82, 2.24) is 15.6 Å². The van der Waals surface area contributed by atoms with Gasteiger partial charge in [-0.25, -0.2) is 18.6 Å². The Labute approximate surface area is 131 Å². The van der Waals surface area contributed by atoms with Gasteiger partial charge >= 0.3 is 6.03 Å². The maximum absolute atomic E-state index is 13.7. The standard InChI is InChI=1S/C15H17F2N3OS/c1-8-7-22-14(18-8)10(3)20-15(21)19-9(2)12-5-4-11(16)6-13(12)17/h4-7,9-10H,1-3H3,(H2,19,20,21)/t9-,10+/m0/s1. The average Bonchev–Trinajstić information content (AvgIpc) is 2.85. The maximum atomic E-state index is 13.7. The van der Waals surface area contributed by atoms with Gasteiger partial charge in [-0.2, -0.15) is 0 Å². The molecule has 0 saturated carbocycles. The summed E-state index contributed by atoms with van der Waals surface area (Å²) in [5, 5.41) is 8.07. The second-order valence-electron chi connectivity index (χ2n) is 5.05. The van der Waals surface area contributed by atoms with E-state index < -0.39 is 23.7 Å². The largest absolute Gasteiger partial charge is 0.332 e. The van der Waals surface area contributed by atoms with E-state index in [2.05, 4.69) is 15.6 Å². The molecule has 1 aromatic heterocycles. The lowest BCUT2D eigenvalue weighted by molar-refractivity contribution is 0.234. The number of amides is 2. The predicted octanol–water partition coefficient (Wildman–Crippen LogP) is 3.85. The average molecular weight is 325 g/mol. The third-order valence-electron chi connectivity index (χ3n) is 3.13. The summed E-state index contributed by atoms with van der Waals surface area (Å²) >= 11 is 1.46. The van der Waals surface area contributed by atoms with Crippen molar-refractivity contribution in [3.63, 3.8) is 0 Å². The van der Waals surface area contributed by atoms with E-state index in [4.69, 9.17) is 0 Å². The molecule has 2 N–H and O–H groups in total. The molecule has 0 fully saturated rings. The highest BCUT2D eigenvalue weighted by molar-refractivity contribution is 7.09. The summed E-state index contributed by atoms with van der Waals surface area (Å²) in [7, 11) is 0. The van der Waals surface area contributed by atoms with E-state index in [0.29, 0.717) is 0 Å². The van der Waals surface area contributed by atoms with Gasteiger partial charge in [-0.3, -0.25) is 0 Å². The Bertz CT molecular complexity index is 675. The van der Waals surface area contributed by atoms with E-state index in [-0.39, 0.29) is 11.6 Å². The number of urea groups is 1. The van der Waals surface area contributed by atoms with E-state index in [1.54, 1.807) is 6.92 Å². The number of carbonyl (C=O) groups excluding carboxylic acids is 1. The number of halogens is 2. The number of aryl methyl sites for hydroxylation is 1. The van der Waals surface area contributed by atoms with E-state index in [0.717, 1.165) is 22.8 Å². The molecule has 2 atom stereocenters. The zero-order chi connectivity index (χ0) is 16.3. The van der Waals surface area contributed by atoms with Gasteiger partial charge in [-0.05, 0) is 26.8 Å². The van der Waals surface area contributed by atoms with Crippen molar-refractivity contribution in [3.8, 4) is 0 Å². The number of hydrogen-bond acceptors (Lipinski definition) is 3. The number of nitrogens with zero attached hydrogens (tertiary/aromatic N) is 1. The second-order valence-corrected chi connectivity index (χ2v) is 5.94. The third kappa shape index (κ3) is 4.00. The first-order valence-corrected chi connectivity index (χ1v) is 7.68. The lowest BCUT2D eigenvalue weighted by Gasteiger charge is -2.18. The molecule has 0 spiro atoms. The SMILES string of the molecule is Cc1csc([C@@H](C)NC(=O)N[C@@H](C)c2ccc(F)cc2F)n1. The molecule has 2 aromatic rings. The molecular formula is C15H17F2N3OS. The lowest BCUT2D eigenvalue weighted by atomic mass is 10.1. The third-order valence-corrected chi connectivity index (χ3v) is 4.28. The van der Waals surface area contributed by atoms with Crippen molar-refractivity contribution >= 4 is 17.4 Å². The van der Waals surface area contributed by atoms with Gasteiger partial charge in [-0.1, -0.05) is 6.07 Å². The van der Waals surface area contributed by atoms with Crippen LogP contribution in [0, 0.1) is 18.6 Å². The van der Waals surface area contributed by atoms with Crippen LogP contribution in [-0.2, 0) is 0 Å². The quantitative estimate of drug-likeness (QED) is 0.897. The monoisotopic (exact) mass is 325 g/mol. The number of rotatable bonds is 4. The minimum Gasteiger partial charge on any atom is -0.332 e. The zero-order valence-electron chi connectivity index (χ0n) is 12.5. The number of carbonyl (C=O) groups is 1. The van der Waals surface area contributed by atoms with Crippen LogP contribution in [0.5, 0.6) is 0 Å². The van der Waals surface area contributed by atoms with Gasteiger partial charge in [0.05, 0.1) is 12.1 Å². The summed E-state index contributed by atoms with van der Waals surface area (Å²) in [6, 6.07) is 2.02. The van der Waals surface area contributed by atoms with E-state index in [1.807, 2.05) is 19.2 Å². The molecule has 2 rings (SSSR count). The van der Waals surface area contributed by atoms with Gasteiger partial charge in [0.15, 0.2) is 0 Å². The Balaban J connectivity index is 1.96. The van der Waals surface area contributed by atoms with E-state index in [1.165, 1.54) is 17.4 Å². The Morgan fingerprint density at radius 1 is 1.23 bits per heavy atom. The fourth-order valence-electron chi connectivity index (χ4n) is 2.00. The second kappa shape index (κ2) is 6.83. The summed E-state index contributed by atoms with van der Waals surface area (Å²) in [6.07, 6.45) is 0. The van der Waals surface area contributed by atoms with E-state index >= 15 is 0 Å². The molecule has 2 amide bonds. The van der Waals surface area contributed by atoms with Gasteiger partial charge in [0, 0.05) is 22.7 Å². The van der Waals surface area contributed by atoms with Gasteiger partial charge in [0.2, 0.25) is 0 Å². The first-order chi connectivity index (χ1) is 10.4. The van der Waals surface area contributed by atoms with Crippen LogP contribution in [0.3, 0.4) is 0 Å². The molecule has 0 radical (unpaired) electrons.